The van der Waals surface area contributed by atoms with Gasteiger partial charge >= 0.3 is 5.97 Å². The highest BCUT2D eigenvalue weighted by Crippen LogP contribution is 2.42. The van der Waals surface area contributed by atoms with Crippen LogP contribution in [0.25, 0.3) is 33.3 Å². The van der Waals surface area contributed by atoms with Crippen molar-refractivity contribution in [3.8, 4) is 28.1 Å². The fourth-order valence-electron chi connectivity index (χ4n) is 11.5. The van der Waals surface area contributed by atoms with Gasteiger partial charge in [-0.25, -0.2) is 5.43 Å². The summed E-state index contributed by atoms with van der Waals surface area (Å²) < 4.78 is 8.60. The lowest BCUT2D eigenvalue weighted by Gasteiger charge is -2.41. The Kier molecular flexibility index (Phi) is 15.3. The maximum Gasteiger partial charge on any atom is 0.324 e. The number of ether oxygens (including phenoxy) is 1. The Morgan fingerprint density at radius 3 is 2.44 bits per heavy atom. The predicted octanol–water partition coefficient (Wildman–Crippen LogP) is 7.06. The number of carbonyl (C=O) groups is 5. The van der Waals surface area contributed by atoms with Crippen LogP contribution in [0.5, 0.6) is 5.75 Å². The monoisotopic (exact) mass is 968 g/mol. The van der Waals surface area contributed by atoms with E-state index in [1.165, 1.54) is 46.0 Å². The number of phenolic OH excluding ortho intramolecular Hbond substituents is 1. The van der Waals surface area contributed by atoms with Gasteiger partial charge in [-0.1, -0.05) is 76.7 Å². The van der Waals surface area contributed by atoms with E-state index < -0.39 is 46.7 Å². The summed E-state index contributed by atoms with van der Waals surface area (Å²) in [5.41, 5.74) is 8.79. The number of aromatic hydroxyl groups is 1. The van der Waals surface area contributed by atoms with Crippen LogP contribution >= 0.6 is 0 Å². The van der Waals surface area contributed by atoms with Gasteiger partial charge in [-0.05, 0) is 129 Å². The van der Waals surface area contributed by atoms with Crippen molar-refractivity contribution in [3.63, 3.8) is 0 Å². The lowest BCUT2D eigenvalue weighted by Crippen LogP contribution is -2.67. The molecule has 3 fully saturated rings. The average molecular weight is 968 g/mol. The molecule has 4 amide bonds. The highest BCUT2D eigenvalue weighted by atomic mass is 16.5. The number of nitrogens with zero attached hydrogens (tertiary/aromatic N) is 5. The smallest absolute Gasteiger partial charge is 0.324 e. The molecule has 4 aliphatic rings. The molecule has 0 unspecified atom stereocenters. The Hall–Kier alpha value is -6.25. The second-order valence-electron chi connectivity index (χ2n) is 21.3. The van der Waals surface area contributed by atoms with Crippen molar-refractivity contribution in [1.29, 1.82) is 0 Å². The van der Waals surface area contributed by atoms with Crippen LogP contribution in [0, 0.1) is 17.3 Å². The molecule has 4 aromatic rings. The number of amides is 4. The van der Waals surface area contributed by atoms with Gasteiger partial charge in [0.1, 0.15) is 23.4 Å². The number of hydrazine groups is 1. The number of carbonyl (C=O) groups excluding carboxylic acids is 5. The molecule has 14 nitrogen and oxygen atoms in total. The summed E-state index contributed by atoms with van der Waals surface area (Å²) in [6.07, 6.45) is 7.87. The van der Waals surface area contributed by atoms with Crippen LogP contribution in [-0.2, 0) is 54.5 Å². The van der Waals surface area contributed by atoms with Crippen molar-refractivity contribution in [2.45, 2.75) is 110 Å². The number of nitrogens with one attached hydrogen (secondary N) is 2. The van der Waals surface area contributed by atoms with E-state index in [4.69, 9.17) is 4.74 Å². The van der Waals surface area contributed by atoms with Crippen molar-refractivity contribution < 1.29 is 33.8 Å². The third-order valence-corrected chi connectivity index (χ3v) is 15.2. The number of aromatic nitrogens is 1. The zero-order valence-electron chi connectivity index (χ0n) is 42.6. The van der Waals surface area contributed by atoms with Crippen LogP contribution < -0.4 is 10.7 Å². The summed E-state index contributed by atoms with van der Waals surface area (Å²) in [6.45, 7) is 22.8. The van der Waals surface area contributed by atoms with Crippen LogP contribution in [-0.4, -0.2) is 130 Å². The summed E-state index contributed by atoms with van der Waals surface area (Å²) in [5, 5.41) is 17.0. The second-order valence-corrected chi connectivity index (χ2v) is 21.3. The molecule has 378 valence electrons. The molecule has 3 saturated heterocycles. The number of rotatable bonds is 12. The largest absolute Gasteiger partial charge is 0.508 e. The second kappa shape index (κ2) is 21.2. The summed E-state index contributed by atoms with van der Waals surface area (Å²) in [6, 6.07) is 18.5. The van der Waals surface area contributed by atoms with Gasteiger partial charge in [0.25, 0.3) is 5.91 Å². The van der Waals surface area contributed by atoms with Gasteiger partial charge in [0, 0.05) is 68.1 Å². The normalized spacial score (nSPS) is 22.2. The fraction of sp³-hybridized carbons (Fsp3) is 0.491. The Bertz CT molecular complexity index is 2700. The quantitative estimate of drug-likeness (QED) is 0.0769. The summed E-state index contributed by atoms with van der Waals surface area (Å²) >= 11 is 0. The van der Waals surface area contributed by atoms with E-state index in [0.717, 1.165) is 65.9 Å². The minimum absolute atomic E-state index is 0.0197. The lowest BCUT2D eigenvalue weighted by atomic mass is 9.83. The molecule has 0 aliphatic carbocycles. The number of fused-ring (bicyclic) bond motifs is 6. The van der Waals surface area contributed by atoms with Crippen molar-refractivity contribution in [3.05, 3.63) is 103 Å². The van der Waals surface area contributed by atoms with E-state index in [-0.39, 0.29) is 49.6 Å². The molecule has 3 aromatic carbocycles. The van der Waals surface area contributed by atoms with Crippen molar-refractivity contribution in [2.75, 3.05) is 52.9 Å². The van der Waals surface area contributed by atoms with E-state index in [1.807, 2.05) is 19.9 Å². The number of likely N-dealkylation sites (N-methyl/N-ethyl adjacent to an activating group) is 1. The van der Waals surface area contributed by atoms with Crippen LogP contribution in [0.4, 0.5) is 0 Å². The zero-order chi connectivity index (χ0) is 50.8. The standard InChI is InChI=1S/C57H73N7O7/c1-9-49(66)62-28-23-41(35-62)53(68)60(8)50(37(4)5)52(67)58-57(10-2)33-38-29-42(31-43(65)30-38)40-20-21-48-45(32-40)46(34-56(6,7)36-71-54(69)47-19-16-26-64(59-47)55(57)70)51(63(48)11-3)44-18-13-12-17-39(44)22-27-61-24-14-15-25-61/h9-10,12-13,17-18,20-21,29-32,37,41,47,50,59,65H,1-2,11,14-16,19,22-28,33-36H2,3-8H3,(H,58,67)/t41-,47-,50-,57-/m0/s1. The SMILES string of the molecule is C=CC(=O)N1CC[C@H](C(=O)N(C)[C@H](C(=O)N[C@@]2(C=C)Cc3cc(O)cc(c3)-c3ccc4c(c3)c(c(-c3ccccc3CCN3CCCC3)n4CC)CC(C)(C)COC(=O)[C@@H]3CCCN(N3)C2=O)C(C)C)C1. The van der Waals surface area contributed by atoms with E-state index in [2.05, 4.69) is 96.6 Å². The van der Waals surface area contributed by atoms with E-state index in [9.17, 15) is 24.3 Å². The van der Waals surface area contributed by atoms with Gasteiger partial charge in [-0.3, -0.25) is 29.0 Å². The average Bonchev–Trinajstić information content (AvgIpc) is 4.14. The minimum Gasteiger partial charge on any atom is -0.508 e. The first-order valence-corrected chi connectivity index (χ1v) is 25.6. The third-order valence-electron chi connectivity index (χ3n) is 15.2. The molecule has 4 atom stereocenters. The molecule has 14 heteroatoms. The lowest BCUT2D eigenvalue weighted by molar-refractivity contribution is -0.156. The van der Waals surface area contributed by atoms with E-state index in [0.29, 0.717) is 37.8 Å². The summed E-state index contributed by atoms with van der Waals surface area (Å²) in [7, 11) is 1.58. The Morgan fingerprint density at radius 2 is 1.72 bits per heavy atom. The molecule has 0 spiro atoms. The molecule has 5 heterocycles. The maximum absolute atomic E-state index is 15.2. The molecular formula is C57H73N7O7. The molecule has 0 saturated carbocycles. The van der Waals surface area contributed by atoms with Crippen LogP contribution in [0.3, 0.4) is 0 Å². The maximum atomic E-state index is 15.2. The molecule has 1 aromatic heterocycles. The number of benzene rings is 3. The van der Waals surface area contributed by atoms with Crippen LogP contribution in [0.1, 0.15) is 83.4 Å². The highest BCUT2D eigenvalue weighted by molar-refractivity contribution is 5.98. The summed E-state index contributed by atoms with van der Waals surface area (Å²) in [5.74, 6) is -3.08. The highest BCUT2D eigenvalue weighted by Gasteiger charge is 2.46. The van der Waals surface area contributed by atoms with Crippen LogP contribution in [0.15, 0.2) is 86.0 Å². The first-order valence-electron chi connectivity index (χ1n) is 25.6. The van der Waals surface area contributed by atoms with Gasteiger partial charge in [-0.15, -0.1) is 6.58 Å². The third kappa shape index (κ3) is 10.7. The molecule has 3 N–H and O–H groups in total. The van der Waals surface area contributed by atoms with Gasteiger partial charge in [0.2, 0.25) is 17.7 Å². The molecule has 0 radical (unpaired) electrons. The molecule has 8 rings (SSSR count). The Labute approximate surface area is 419 Å². The predicted molar refractivity (Wildman–Crippen MR) is 277 cm³/mol. The molecule has 71 heavy (non-hydrogen) atoms. The number of cyclic esters (lactones) is 1. The first-order chi connectivity index (χ1) is 34.0. The fourth-order valence-corrected chi connectivity index (χ4v) is 11.5. The number of aryl methyl sites for hydroxylation is 1. The van der Waals surface area contributed by atoms with Gasteiger partial charge in [0.05, 0.1) is 18.2 Å². The molecular weight excluding hydrogens is 895 g/mol. The first kappa shape index (κ1) is 51.1. The van der Waals surface area contributed by atoms with Gasteiger partial charge in [0.15, 0.2) is 0 Å². The number of phenols is 1. The minimum atomic E-state index is -1.82. The van der Waals surface area contributed by atoms with Crippen molar-refractivity contribution in [1.82, 2.24) is 35.0 Å². The number of hydrogen-bond donors (Lipinski definition) is 3. The van der Waals surface area contributed by atoms with Crippen molar-refractivity contribution >= 4 is 40.5 Å². The van der Waals surface area contributed by atoms with E-state index >= 15 is 4.79 Å². The van der Waals surface area contributed by atoms with E-state index in [1.54, 1.807) is 24.1 Å². The number of esters is 1. The van der Waals surface area contributed by atoms with Gasteiger partial charge < -0.3 is 34.4 Å². The Morgan fingerprint density at radius 1 is 0.958 bits per heavy atom. The Balaban J connectivity index is 1.22. The molecule has 4 aliphatic heterocycles. The number of hydrogen-bond acceptors (Lipinski definition) is 9. The number of likely N-dealkylation sites (tertiary alicyclic amines) is 2. The molecule has 6 bridgehead atoms. The van der Waals surface area contributed by atoms with Crippen LogP contribution in [0.2, 0.25) is 0 Å². The summed E-state index contributed by atoms with van der Waals surface area (Å²) in [4.78, 5) is 76.3. The topological polar surface area (TPSA) is 157 Å². The van der Waals surface area contributed by atoms with Crippen molar-refractivity contribution in [2.24, 2.45) is 17.3 Å². The zero-order valence-corrected chi connectivity index (χ0v) is 42.6. The van der Waals surface area contributed by atoms with Gasteiger partial charge in [-0.2, -0.15) is 0 Å².